The van der Waals surface area contributed by atoms with Gasteiger partial charge in [0.2, 0.25) is 0 Å². The minimum absolute atomic E-state index is 0. The van der Waals surface area contributed by atoms with Crippen molar-refractivity contribution in [1.29, 1.82) is 0 Å². The molecule has 80 valence electrons. The lowest BCUT2D eigenvalue weighted by atomic mass is 15.8. The fourth-order valence-corrected chi connectivity index (χ4v) is 0. The topological polar surface area (TPSA) is 149 Å². The van der Waals surface area contributed by atoms with Crippen LogP contribution >= 0.6 is 24.8 Å². The third-order valence-corrected chi connectivity index (χ3v) is 0. The molecule has 0 spiro atoms. The summed E-state index contributed by atoms with van der Waals surface area (Å²) in [6, 6.07) is 0. The van der Waals surface area contributed by atoms with Crippen LogP contribution in [0.1, 0.15) is 0 Å². The van der Waals surface area contributed by atoms with Crippen molar-refractivity contribution >= 4 is 45.6 Å². The fourth-order valence-electron chi connectivity index (χ4n) is 0. The van der Waals surface area contributed by atoms with Crippen LogP contribution in [-0.4, -0.2) is 35.0 Å². The fraction of sp³-hybridized carbons (Fsp3) is 0. The van der Waals surface area contributed by atoms with Crippen LogP contribution in [0.5, 0.6) is 0 Å². The second-order valence-electron chi connectivity index (χ2n) is 0.896. The van der Waals surface area contributed by atoms with E-state index in [-0.39, 0.29) is 24.8 Å². The first-order valence-corrected chi connectivity index (χ1v) is 4.19. The predicted octanol–water partition coefficient (Wildman–Crippen LogP) is -0.462. The first-order valence-electron chi connectivity index (χ1n) is 1.40. The highest BCUT2D eigenvalue weighted by atomic mass is 35.5. The lowest BCUT2D eigenvalue weighted by molar-refractivity contribution is 0.378. The second-order valence-corrected chi connectivity index (χ2v) is 2.69. The zero-order valence-corrected chi connectivity index (χ0v) is 8.32. The first-order chi connectivity index (χ1) is 4.00. The van der Waals surface area contributed by atoms with Gasteiger partial charge in [0.15, 0.2) is 0 Å². The second kappa shape index (κ2) is 7.94. The van der Waals surface area contributed by atoms with Crippen molar-refractivity contribution in [3.05, 3.63) is 0 Å². The highest BCUT2D eigenvalue weighted by Crippen LogP contribution is 1.59. The normalized spacial score (nSPS) is 9.67. The van der Waals surface area contributed by atoms with Crippen molar-refractivity contribution in [3.8, 4) is 0 Å². The summed E-state index contributed by atoms with van der Waals surface area (Å²) < 4.78 is 63.2. The Hall–Kier alpha value is 0.320. The van der Waals surface area contributed by atoms with Gasteiger partial charge in [-0.1, -0.05) is 0 Å². The molecule has 0 atom stereocenters. The van der Waals surface area contributed by atoms with Crippen molar-refractivity contribution in [1.82, 2.24) is 0 Å². The average Bonchev–Trinajstić information content (AvgIpc) is 1.12. The van der Waals surface area contributed by atoms with Crippen LogP contribution in [0.4, 0.5) is 0 Å². The van der Waals surface area contributed by atoms with Gasteiger partial charge in [0, 0.05) is 0 Å². The third kappa shape index (κ3) is 8750. The molecule has 0 aliphatic rings. The molecule has 4 N–H and O–H groups in total. The summed E-state index contributed by atoms with van der Waals surface area (Å²) in [6.07, 6.45) is 0. The highest BCUT2D eigenvalue weighted by Gasteiger charge is 1.85. The van der Waals surface area contributed by atoms with Crippen LogP contribution in [-0.2, 0) is 20.8 Å². The predicted molar refractivity (Wildman–Crippen MR) is 42.9 cm³/mol. The van der Waals surface area contributed by atoms with Gasteiger partial charge in [0.1, 0.15) is 0 Å². The van der Waals surface area contributed by atoms with E-state index in [1.807, 2.05) is 0 Å². The van der Waals surface area contributed by atoms with Crippen LogP contribution in [0.15, 0.2) is 0 Å². The first kappa shape index (κ1) is 22.8. The molecule has 0 bridgehead atoms. The maximum absolute atomic E-state index is 8.74. The van der Waals surface area contributed by atoms with E-state index in [2.05, 4.69) is 0 Å². The lowest BCUT2D eigenvalue weighted by Crippen LogP contribution is -1.89. The van der Waals surface area contributed by atoms with Crippen molar-refractivity contribution in [2.45, 2.75) is 0 Å². The summed E-state index contributed by atoms with van der Waals surface area (Å²) in [5, 5.41) is 0. The maximum atomic E-state index is 8.74. The molecular formula is H6Cl2O8S2. The van der Waals surface area contributed by atoms with Gasteiger partial charge in [-0.3, -0.25) is 18.2 Å². The largest absolute Gasteiger partial charge is 0.394 e. The molecule has 0 rings (SSSR count). The Morgan fingerprint density at radius 1 is 0.583 bits per heavy atom. The van der Waals surface area contributed by atoms with E-state index in [0.29, 0.717) is 0 Å². The molecule has 0 amide bonds. The molecule has 0 heterocycles. The Morgan fingerprint density at radius 2 is 0.583 bits per heavy atom. The Kier molecular flexibility index (Phi) is 15.1. The van der Waals surface area contributed by atoms with Crippen LogP contribution < -0.4 is 0 Å². The number of halogens is 2. The van der Waals surface area contributed by atoms with E-state index in [4.69, 9.17) is 35.0 Å². The van der Waals surface area contributed by atoms with Crippen molar-refractivity contribution in [2.24, 2.45) is 0 Å². The Labute approximate surface area is 81.0 Å². The summed E-state index contributed by atoms with van der Waals surface area (Å²) >= 11 is 0. The standard InChI is InChI=1S/2ClH.2H2O4S/c;;2*1-5(2,3)4/h2*1H;2*(H2,1,2,3,4). The van der Waals surface area contributed by atoms with Gasteiger partial charge in [-0.25, -0.2) is 0 Å². The van der Waals surface area contributed by atoms with Crippen molar-refractivity contribution in [3.63, 3.8) is 0 Å². The van der Waals surface area contributed by atoms with Gasteiger partial charge < -0.3 is 0 Å². The highest BCUT2D eigenvalue weighted by molar-refractivity contribution is 7.80. The number of hydrogen-bond acceptors (Lipinski definition) is 4. The van der Waals surface area contributed by atoms with E-state index >= 15 is 0 Å². The molecule has 0 aliphatic heterocycles. The minimum atomic E-state index is -4.67. The minimum Gasteiger partial charge on any atom is -0.264 e. The van der Waals surface area contributed by atoms with Crippen LogP contribution in [0.3, 0.4) is 0 Å². The molecule has 0 radical (unpaired) electrons. The summed E-state index contributed by atoms with van der Waals surface area (Å²) in [5.41, 5.74) is 0. The molecule has 0 saturated heterocycles. The molecule has 12 heavy (non-hydrogen) atoms. The van der Waals surface area contributed by atoms with E-state index < -0.39 is 20.8 Å². The van der Waals surface area contributed by atoms with Crippen molar-refractivity contribution < 1.29 is 35.0 Å². The average molecular weight is 269 g/mol. The van der Waals surface area contributed by atoms with Gasteiger partial charge >= 0.3 is 20.8 Å². The van der Waals surface area contributed by atoms with E-state index in [1.54, 1.807) is 0 Å². The van der Waals surface area contributed by atoms with E-state index in [9.17, 15) is 0 Å². The lowest BCUT2D eigenvalue weighted by Gasteiger charge is -1.68. The van der Waals surface area contributed by atoms with Gasteiger partial charge in [-0.05, 0) is 0 Å². The van der Waals surface area contributed by atoms with Gasteiger partial charge in [0.05, 0.1) is 0 Å². The zero-order valence-electron chi connectivity index (χ0n) is 5.05. The molecule has 0 aliphatic carbocycles. The maximum Gasteiger partial charge on any atom is 0.394 e. The Morgan fingerprint density at radius 3 is 0.583 bits per heavy atom. The zero-order chi connectivity index (χ0) is 9.00. The molecular weight excluding hydrogens is 263 g/mol. The summed E-state index contributed by atoms with van der Waals surface area (Å²) in [6.45, 7) is 0. The third-order valence-electron chi connectivity index (χ3n) is 0. The summed E-state index contributed by atoms with van der Waals surface area (Å²) in [7, 11) is -9.33. The van der Waals surface area contributed by atoms with Crippen molar-refractivity contribution in [2.75, 3.05) is 0 Å². The molecule has 0 aromatic carbocycles. The Balaban J connectivity index is -0.0000000457. The van der Waals surface area contributed by atoms with Gasteiger partial charge in [0.25, 0.3) is 0 Å². The molecule has 0 unspecified atom stereocenters. The monoisotopic (exact) mass is 268 g/mol. The van der Waals surface area contributed by atoms with Gasteiger partial charge in [-0.2, -0.15) is 16.8 Å². The summed E-state index contributed by atoms with van der Waals surface area (Å²) in [5.74, 6) is 0. The van der Waals surface area contributed by atoms with Crippen LogP contribution in [0, 0.1) is 0 Å². The quantitative estimate of drug-likeness (QED) is 0.431. The smallest absolute Gasteiger partial charge is 0.264 e. The molecule has 12 heteroatoms. The van der Waals surface area contributed by atoms with Crippen LogP contribution in [0.2, 0.25) is 0 Å². The molecule has 8 nitrogen and oxygen atoms in total. The van der Waals surface area contributed by atoms with E-state index in [0.717, 1.165) is 0 Å². The molecule has 0 aromatic heterocycles. The molecule has 0 saturated carbocycles. The number of hydrogen-bond donors (Lipinski definition) is 4. The number of rotatable bonds is 0. The van der Waals surface area contributed by atoms with Crippen LogP contribution in [0.25, 0.3) is 0 Å². The van der Waals surface area contributed by atoms with Gasteiger partial charge in [-0.15, -0.1) is 24.8 Å². The Bertz CT molecular complexity index is 211. The van der Waals surface area contributed by atoms with E-state index in [1.165, 1.54) is 0 Å². The SMILES string of the molecule is Cl.Cl.O=S(=O)(O)O.O=S(=O)(O)O. The molecule has 0 fully saturated rings. The summed E-state index contributed by atoms with van der Waals surface area (Å²) in [4.78, 5) is 0. The molecule has 0 aromatic rings.